The average Bonchev–Trinajstić information content (AvgIpc) is 3.29. The summed E-state index contributed by atoms with van der Waals surface area (Å²) in [7, 11) is 0. The molecule has 0 aliphatic rings. The van der Waals surface area contributed by atoms with Crippen LogP contribution in [0.5, 0.6) is 0 Å². The molecule has 0 saturated carbocycles. The number of carbonyl (C=O) groups excluding carboxylic acids is 1. The molecular weight excluding hydrogens is 388 g/mol. The van der Waals surface area contributed by atoms with E-state index in [-0.39, 0.29) is 5.91 Å². The molecule has 7 heteroatoms. The Morgan fingerprint density at radius 1 is 0.968 bits per heavy atom. The summed E-state index contributed by atoms with van der Waals surface area (Å²) in [6.45, 7) is 3.85. The predicted octanol–water partition coefficient (Wildman–Crippen LogP) is 4.67. The number of hydrogen-bond donors (Lipinski definition) is 2. The van der Waals surface area contributed by atoms with Gasteiger partial charge in [0, 0.05) is 35.9 Å². The van der Waals surface area contributed by atoms with E-state index < -0.39 is 0 Å². The first-order chi connectivity index (χ1) is 15.1. The summed E-state index contributed by atoms with van der Waals surface area (Å²) in [5.41, 5.74) is 3.70. The van der Waals surface area contributed by atoms with Gasteiger partial charge in [0.1, 0.15) is 11.6 Å². The number of carbonyl (C=O) groups is 1. The lowest BCUT2D eigenvalue weighted by molar-refractivity contribution is -0.111. The first-order valence-corrected chi connectivity index (χ1v) is 9.84. The lowest BCUT2D eigenvalue weighted by atomic mass is 10.1. The van der Waals surface area contributed by atoms with E-state index in [1.54, 1.807) is 10.9 Å². The van der Waals surface area contributed by atoms with Crippen LogP contribution < -0.4 is 10.6 Å². The second kappa shape index (κ2) is 9.04. The molecule has 0 unspecified atom stereocenters. The molecule has 0 aliphatic carbocycles. The Morgan fingerprint density at radius 2 is 1.74 bits per heavy atom. The summed E-state index contributed by atoms with van der Waals surface area (Å²) in [5, 5.41) is 10.3. The number of anilines is 3. The molecule has 0 aliphatic heterocycles. The summed E-state index contributed by atoms with van der Waals surface area (Å²) < 4.78 is 1.68. The van der Waals surface area contributed by atoms with Crippen molar-refractivity contribution in [2.24, 2.45) is 0 Å². The zero-order chi connectivity index (χ0) is 21.6. The van der Waals surface area contributed by atoms with Crippen molar-refractivity contribution in [1.82, 2.24) is 19.7 Å². The molecule has 0 spiro atoms. The van der Waals surface area contributed by atoms with Gasteiger partial charge < -0.3 is 10.6 Å². The smallest absolute Gasteiger partial charge is 0.248 e. The predicted molar refractivity (Wildman–Crippen MR) is 122 cm³/mol. The van der Waals surface area contributed by atoms with Gasteiger partial charge in [-0.15, -0.1) is 0 Å². The summed E-state index contributed by atoms with van der Waals surface area (Å²) in [5.74, 6) is 1.80. The van der Waals surface area contributed by atoms with Crippen LogP contribution >= 0.6 is 0 Å². The van der Waals surface area contributed by atoms with Gasteiger partial charge >= 0.3 is 0 Å². The Morgan fingerprint density at radius 3 is 2.48 bits per heavy atom. The van der Waals surface area contributed by atoms with Gasteiger partial charge in [0.25, 0.3) is 0 Å². The zero-order valence-corrected chi connectivity index (χ0v) is 17.3. The summed E-state index contributed by atoms with van der Waals surface area (Å²) in [4.78, 5) is 21.1. The highest BCUT2D eigenvalue weighted by Crippen LogP contribution is 2.19. The monoisotopic (exact) mass is 410 g/mol. The van der Waals surface area contributed by atoms with E-state index in [0.29, 0.717) is 23.1 Å². The number of aromatic nitrogens is 4. The third-order valence-electron chi connectivity index (χ3n) is 4.59. The fourth-order valence-corrected chi connectivity index (χ4v) is 3.05. The molecular formula is C24H22N6O. The van der Waals surface area contributed by atoms with Crippen LogP contribution in [0, 0.1) is 13.8 Å². The highest BCUT2D eigenvalue weighted by atomic mass is 16.1. The molecule has 2 aromatic carbocycles. The minimum atomic E-state index is -0.181. The molecule has 0 bridgehead atoms. The molecule has 0 radical (unpaired) electrons. The quantitative estimate of drug-likeness (QED) is 0.451. The molecule has 2 heterocycles. The molecule has 0 atom stereocenters. The zero-order valence-electron chi connectivity index (χ0n) is 17.3. The van der Waals surface area contributed by atoms with Crippen LogP contribution in [0.1, 0.15) is 17.0 Å². The Hall–Kier alpha value is -4.26. The van der Waals surface area contributed by atoms with Gasteiger partial charge in [-0.05, 0) is 61.4 Å². The molecule has 31 heavy (non-hydrogen) atoms. The van der Waals surface area contributed by atoms with Crippen molar-refractivity contribution in [3.8, 4) is 5.82 Å². The number of aryl methyl sites for hydroxylation is 2. The lowest BCUT2D eigenvalue weighted by Gasteiger charge is -2.09. The summed E-state index contributed by atoms with van der Waals surface area (Å²) in [6, 6.07) is 19.0. The Balaban J connectivity index is 1.41. The molecule has 2 aromatic heterocycles. The van der Waals surface area contributed by atoms with Crippen LogP contribution in [0.15, 0.2) is 79.1 Å². The number of nitrogens with one attached hydrogen (secondary N) is 2. The van der Waals surface area contributed by atoms with Gasteiger partial charge in [0.2, 0.25) is 5.91 Å². The number of amides is 1. The molecule has 2 N–H and O–H groups in total. The highest BCUT2D eigenvalue weighted by molar-refractivity contribution is 6.02. The molecule has 0 saturated heterocycles. The second-order valence-electron chi connectivity index (χ2n) is 6.99. The average molecular weight is 410 g/mol. The minimum absolute atomic E-state index is 0.181. The van der Waals surface area contributed by atoms with Crippen LogP contribution in [0.4, 0.5) is 17.2 Å². The largest absolute Gasteiger partial charge is 0.340 e. The molecule has 4 rings (SSSR count). The number of nitrogens with zero attached hydrogens (tertiary/aromatic N) is 4. The van der Waals surface area contributed by atoms with E-state index in [9.17, 15) is 4.79 Å². The van der Waals surface area contributed by atoms with Gasteiger partial charge in [0.05, 0.1) is 0 Å². The van der Waals surface area contributed by atoms with Gasteiger partial charge in [0.15, 0.2) is 5.82 Å². The van der Waals surface area contributed by atoms with E-state index >= 15 is 0 Å². The van der Waals surface area contributed by atoms with Crippen LogP contribution in [-0.4, -0.2) is 25.7 Å². The van der Waals surface area contributed by atoms with Crippen molar-refractivity contribution >= 4 is 29.2 Å². The van der Waals surface area contributed by atoms with E-state index in [2.05, 4.69) is 25.7 Å². The van der Waals surface area contributed by atoms with Crippen LogP contribution in [0.3, 0.4) is 0 Å². The fourth-order valence-electron chi connectivity index (χ4n) is 3.05. The SMILES string of the molecule is Cc1nc(Nc2ccc(NC(=O)/C=C/c3ccccc3C)cc2)cc(-n2cccn2)n1. The second-order valence-corrected chi connectivity index (χ2v) is 6.99. The van der Waals surface area contributed by atoms with E-state index in [0.717, 1.165) is 16.8 Å². The highest BCUT2D eigenvalue weighted by Gasteiger charge is 2.05. The van der Waals surface area contributed by atoms with Crippen molar-refractivity contribution in [1.29, 1.82) is 0 Å². The summed E-state index contributed by atoms with van der Waals surface area (Å²) in [6.07, 6.45) is 6.88. The third kappa shape index (κ3) is 5.22. The number of rotatable bonds is 6. The van der Waals surface area contributed by atoms with Crippen LogP contribution in [0.25, 0.3) is 11.9 Å². The molecule has 7 nitrogen and oxygen atoms in total. The van der Waals surface area contributed by atoms with Crippen molar-refractivity contribution in [3.05, 3.63) is 96.1 Å². The Kier molecular flexibility index (Phi) is 5.84. The van der Waals surface area contributed by atoms with Crippen molar-refractivity contribution in [2.75, 3.05) is 10.6 Å². The standard InChI is InChI=1S/C24H22N6O/c1-17-6-3-4-7-19(17)8-13-24(31)29-21-11-9-20(10-12-21)28-22-16-23(27-18(2)26-22)30-15-5-14-25-30/h3-16H,1-2H3,(H,29,31)(H,26,27,28)/b13-8+. The van der Waals surface area contributed by atoms with Crippen LogP contribution in [-0.2, 0) is 4.79 Å². The van der Waals surface area contributed by atoms with E-state index in [1.165, 1.54) is 6.08 Å². The molecule has 0 fully saturated rings. The maximum absolute atomic E-state index is 12.2. The van der Waals surface area contributed by atoms with Crippen molar-refractivity contribution in [3.63, 3.8) is 0 Å². The molecule has 154 valence electrons. The topological polar surface area (TPSA) is 84.7 Å². The number of benzene rings is 2. The Labute approximate surface area is 180 Å². The van der Waals surface area contributed by atoms with Crippen molar-refractivity contribution < 1.29 is 4.79 Å². The number of hydrogen-bond acceptors (Lipinski definition) is 5. The van der Waals surface area contributed by atoms with Crippen LogP contribution in [0.2, 0.25) is 0 Å². The van der Waals surface area contributed by atoms with Gasteiger partial charge in [-0.1, -0.05) is 24.3 Å². The first-order valence-electron chi connectivity index (χ1n) is 9.84. The molecule has 1 amide bonds. The third-order valence-corrected chi connectivity index (χ3v) is 4.59. The van der Waals surface area contributed by atoms with E-state index in [1.807, 2.05) is 86.8 Å². The van der Waals surface area contributed by atoms with E-state index in [4.69, 9.17) is 0 Å². The fraction of sp³-hybridized carbons (Fsp3) is 0.0833. The molecule has 4 aromatic rings. The van der Waals surface area contributed by atoms with Crippen molar-refractivity contribution in [2.45, 2.75) is 13.8 Å². The van der Waals surface area contributed by atoms with Gasteiger partial charge in [-0.2, -0.15) is 5.10 Å². The maximum Gasteiger partial charge on any atom is 0.248 e. The maximum atomic E-state index is 12.2. The minimum Gasteiger partial charge on any atom is -0.340 e. The first kappa shape index (κ1) is 20.0. The summed E-state index contributed by atoms with van der Waals surface area (Å²) >= 11 is 0. The lowest BCUT2D eigenvalue weighted by Crippen LogP contribution is -2.07. The normalized spacial score (nSPS) is 10.9. The Bertz CT molecular complexity index is 1210. The van der Waals surface area contributed by atoms with Gasteiger partial charge in [-0.25, -0.2) is 14.6 Å². The van der Waals surface area contributed by atoms with Gasteiger partial charge in [-0.3, -0.25) is 4.79 Å².